The van der Waals surface area contributed by atoms with Gasteiger partial charge in [0.2, 0.25) is 0 Å². The number of methoxy groups -OCH3 is 1. The molecule has 0 aromatic heterocycles. The summed E-state index contributed by atoms with van der Waals surface area (Å²) in [5.74, 6) is -0.990. The van der Waals surface area contributed by atoms with Gasteiger partial charge in [0.25, 0.3) is 0 Å². The zero-order valence-electron chi connectivity index (χ0n) is 11.1. The van der Waals surface area contributed by atoms with Crippen LogP contribution in [0.2, 0.25) is 0 Å². The molecular formula is C12H19NO5. The van der Waals surface area contributed by atoms with Crippen LogP contribution in [-0.2, 0) is 19.1 Å². The summed E-state index contributed by atoms with van der Waals surface area (Å²) in [5, 5.41) is 2.59. The smallest absolute Gasteiger partial charge is 0.407 e. The lowest BCUT2D eigenvalue weighted by Gasteiger charge is -2.35. The molecule has 2 atom stereocenters. The molecule has 0 aliphatic heterocycles. The maximum absolute atomic E-state index is 11.5. The molecule has 1 aliphatic rings. The molecule has 0 aromatic carbocycles. The van der Waals surface area contributed by atoms with Gasteiger partial charge in [-0.1, -0.05) is 0 Å². The van der Waals surface area contributed by atoms with E-state index >= 15 is 0 Å². The zero-order chi connectivity index (χ0) is 13.9. The molecule has 1 fully saturated rings. The van der Waals surface area contributed by atoms with E-state index in [1.54, 1.807) is 20.8 Å². The Balaban J connectivity index is 2.45. The largest absolute Gasteiger partial charge is 0.469 e. The van der Waals surface area contributed by atoms with Crippen LogP contribution in [0.3, 0.4) is 0 Å². The van der Waals surface area contributed by atoms with Gasteiger partial charge in [0.15, 0.2) is 0 Å². The molecule has 0 spiro atoms. The van der Waals surface area contributed by atoms with Crippen LogP contribution in [0.5, 0.6) is 0 Å². The highest BCUT2D eigenvalue weighted by molar-refractivity contribution is 5.93. The highest BCUT2D eigenvalue weighted by Crippen LogP contribution is 2.27. The number of carbonyl (C=O) groups is 3. The third kappa shape index (κ3) is 4.01. The second-order valence-corrected chi connectivity index (χ2v) is 5.31. The van der Waals surface area contributed by atoms with Crippen LogP contribution < -0.4 is 5.32 Å². The van der Waals surface area contributed by atoms with Gasteiger partial charge in [-0.25, -0.2) is 4.79 Å². The van der Waals surface area contributed by atoms with Gasteiger partial charge in [-0.05, 0) is 20.8 Å². The van der Waals surface area contributed by atoms with Gasteiger partial charge in [-0.15, -0.1) is 0 Å². The van der Waals surface area contributed by atoms with E-state index in [0.29, 0.717) is 0 Å². The molecule has 0 heterocycles. The van der Waals surface area contributed by atoms with Crippen LogP contribution in [0, 0.1) is 5.92 Å². The van der Waals surface area contributed by atoms with E-state index in [2.05, 4.69) is 10.1 Å². The lowest BCUT2D eigenvalue weighted by molar-refractivity contribution is -0.147. The van der Waals surface area contributed by atoms with Crippen molar-refractivity contribution >= 4 is 17.8 Å². The normalized spacial score (nSPS) is 23.0. The van der Waals surface area contributed by atoms with E-state index in [0.717, 1.165) is 0 Å². The van der Waals surface area contributed by atoms with Crippen LogP contribution in [0.15, 0.2) is 0 Å². The molecule has 0 aromatic rings. The number of hydrogen-bond acceptors (Lipinski definition) is 5. The van der Waals surface area contributed by atoms with Crippen molar-refractivity contribution in [3.8, 4) is 0 Å². The average molecular weight is 257 g/mol. The van der Waals surface area contributed by atoms with E-state index < -0.39 is 23.6 Å². The molecule has 6 heteroatoms. The second kappa shape index (κ2) is 5.37. The molecule has 1 N–H and O–H groups in total. The topological polar surface area (TPSA) is 81.7 Å². The second-order valence-electron chi connectivity index (χ2n) is 5.31. The van der Waals surface area contributed by atoms with Crippen molar-refractivity contribution in [2.24, 2.45) is 5.92 Å². The molecule has 18 heavy (non-hydrogen) atoms. The van der Waals surface area contributed by atoms with Gasteiger partial charge >= 0.3 is 12.1 Å². The SMILES string of the molecule is COC(=O)CC1C(=O)CC1NC(=O)OC(C)(C)C. The number of nitrogens with one attached hydrogen (secondary N) is 1. The van der Waals surface area contributed by atoms with Crippen LogP contribution in [0.4, 0.5) is 4.79 Å². The van der Waals surface area contributed by atoms with E-state index in [1.165, 1.54) is 7.11 Å². The lowest BCUT2D eigenvalue weighted by Crippen LogP contribution is -2.54. The average Bonchev–Trinajstić information content (AvgIpc) is 2.22. The van der Waals surface area contributed by atoms with Crippen LogP contribution >= 0.6 is 0 Å². The summed E-state index contributed by atoms with van der Waals surface area (Å²) in [7, 11) is 1.27. The van der Waals surface area contributed by atoms with E-state index in [1.807, 2.05) is 0 Å². The Morgan fingerprint density at radius 2 is 2.00 bits per heavy atom. The summed E-state index contributed by atoms with van der Waals surface area (Å²) in [5.41, 5.74) is -0.588. The minimum Gasteiger partial charge on any atom is -0.469 e. The fourth-order valence-corrected chi connectivity index (χ4v) is 1.70. The van der Waals surface area contributed by atoms with Gasteiger partial charge in [0.05, 0.1) is 13.5 Å². The Morgan fingerprint density at radius 3 is 2.44 bits per heavy atom. The summed E-state index contributed by atoms with van der Waals surface area (Å²) in [6.07, 6.45) is -0.341. The van der Waals surface area contributed by atoms with Gasteiger partial charge < -0.3 is 14.8 Å². The summed E-state index contributed by atoms with van der Waals surface area (Å²) in [4.78, 5) is 34.0. The maximum atomic E-state index is 11.5. The zero-order valence-corrected chi connectivity index (χ0v) is 11.1. The number of ketones is 1. The van der Waals surface area contributed by atoms with Gasteiger partial charge in [0.1, 0.15) is 11.4 Å². The standard InChI is InChI=1S/C12H19NO5/c1-12(2,3)18-11(16)13-8-6-9(14)7(8)5-10(15)17-4/h7-8H,5-6H2,1-4H3,(H,13,16). The first kappa shape index (κ1) is 14.5. The third-order valence-electron chi connectivity index (χ3n) is 2.64. The number of rotatable bonds is 3. The number of carbonyl (C=O) groups excluding carboxylic acids is 3. The number of hydrogen-bond donors (Lipinski definition) is 1. The van der Waals surface area contributed by atoms with E-state index in [-0.39, 0.29) is 24.7 Å². The third-order valence-corrected chi connectivity index (χ3v) is 2.64. The van der Waals surface area contributed by atoms with Crippen molar-refractivity contribution in [1.82, 2.24) is 5.32 Å². The Kier molecular flexibility index (Phi) is 4.32. The maximum Gasteiger partial charge on any atom is 0.407 e. The van der Waals surface area contributed by atoms with Crippen molar-refractivity contribution in [3.63, 3.8) is 0 Å². The fourth-order valence-electron chi connectivity index (χ4n) is 1.70. The van der Waals surface area contributed by atoms with E-state index in [4.69, 9.17) is 4.74 Å². The first-order valence-electron chi connectivity index (χ1n) is 5.82. The molecule has 2 unspecified atom stereocenters. The summed E-state index contributed by atoms with van der Waals surface area (Å²) >= 11 is 0. The first-order chi connectivity index (χ1) is 8.23. The van der Waals surface area contributed by atoms with E-state index in [9.17, 15) is 14.4 Å². The summed E-state index contributed by atoms with van der Waals surface area (Å²) in [6, 6.07) is -0.341. The van der Waals surface area contributed by atoms with Crippen LogP contribution in [0.1, 0.15) is 33.6 Å². The molecule has 0 radical (unpaired) electrons. The molecule has 6 nitrogen and oxygen atoms in total. The predicted molar refractivity (Wildman–Crippen MR) is 62.9 cm³/mol. The van der Waals surface area contributed by atoms with Crippen molar-refractivity contribution in [1.29, 1.82) is 0 Å². The van der Waals surface area contributed by atoms with Crippen molar-refractivity contribution in [3.05, 3.63) is 0 Å². The Bertz CT molecular complexity index is 358. The van der Waals surface area contributed by atoms with Crippen molar-refractivity contribution in [2.45, 2.75) is 45.3 Å². The molecular weight excluding hydrogens is 238 g/mol. The Hall–Kier alpha value is -1.59. The molecule has 1 amide bonds. The lowest BCUT2D eigenvalue weighted by atomic mass is 9.76. The quantitative estimate of drug-likeness (QED) is 0.764. The number of esters is 1. The fraction of sp³-hybridized carbons (Fsp3) is 0.750. The number of ether oxygens (including phenoxy) is 2. The van der Waals surface area contributed by atoms with Crippen LogP contribution in [-0.4, -0.2) is 36.6 Å². The molecule has 0 bridgehead atoms. The van der Waals surface area contributed by atoms with Gasteiger partial charge in [-0.2, -0.15) is 0 Å². The van der Waals surface area contributed by atoms with Crippen molar-refractivity contribution in [2.75, 3.05) is 7.11 Å². The molecule has 1 rings (SSSR count). The minimum atomic E-state index is -0.588. The Labute approximate surface area is 106 Å². The summed E-state index contributed by atoms with van der Waals surface area (Å²) in [6.45, 7) is 5.26. The van der Waals surface area contributed by atoms with Crippen LogP contribution in [0.25, 0.3) is 0 Å². The Morgan fingerprint density at radius 1 is 1.39 bits per heavy atom. The molecule has 102 valence electrons. The molecule has 1 aliphatic carbocycles. The predicted octanol–water partition coefficient (Wildman–Crippen LogP) is 1.03. The number of alkyl carbamates (subject to hydrolysis) is 1. The monoisotopic (exact) mass is 257 g/mol. The first-order valence-corrected chi connectivity index (χ1v) is 5.82. The molecule has 0 saturated heterocycles. The minimum absolute atomic E-state index is 0.00417. The number of amides is 1. The highest BCUT2D eigenvalue weighted by Gasteiger charge is 2.42. The highest BCUT2D eigenvalue weighted by atomic mass is 16.6. The van der Waals surface area contributed by atoms with Gasteiger partial charge in [-0.3, -0.25) is 9.59 Å². The molecule has 1 saturated carbocycles. The van der Waals surface area contributed by atoms with Gasteiger partial charge in [0, 0.05) is 18.4 Å². The van der Waals surface area contributed by atoms with Crippen molar-refractivity contribution < 1.29 is 23.9 Å². The summed E-state index contributed by atoms with van der Waals surface area (Å²) < 4.78 is 9.59. The number of Topliss-reactive ketones (excluding diaryl/α,β-unsaturated/α-hetero) is 1.